The van der Waals surface area contributed by atoms with Crippen LogP contribution in [0.3, 0.4) is 0 Å². The van der Waals surface area contributed by atoms with Crippen LogP contribution in [0.5, 0.6) is 11.5 Å². The molecule has 0 aromatic heterocycles. The van der Waals surface area contributed by atoms with Gasteiger partial charge in [-0.1, -0.05) is 19.9 Å². The predicted octanol–water partition coefficient (Wildman–Crippen LogP) is 3.57. The highest BCUT2D eigenvalue weighted by molar-refractivity contribution is 5.42. The fourth-order valence-corrected chi connectivity index (χ4v) is 2.91. The zero-order valence-corrected chi connectivity index (χ0v) is 12.9. The number of aliphatic hydroxyl groups is 1. The first-order valence-corrected chi connectivity index (χ1v) is 7.50. The van der Waals surface area contributed by atoms with Crippen LogP contribution in [0.4, 0.5) is 0 Å². The Morgan fingerprint density at radius 1 is 1.20 bits per heavy atom. The summed E-state index contributed by atoms with van der Waals surface area (Å²) in [5.74, 6) is 2.73. The zero-order chi connectivity index (χ0) is 14.7. The van der Waals surface area contributed by atoms with Crippen molar-refractivity contribution < 1.29 is 14.6 Å². The normalized spacial score (nSPS) is 26.6. The Hall–Kier alpha value is -1.22. The Kier molecular flexibility index (Phi) is 4.92. The molecule has 0 aliphatic heterocycles. The van der Waals surface area contributed by atoms with Gasteiger partial charge in [0.05, 0.1) is 13.2 Å². The summed E-state index contributed by atoms with van der Waals surface area (Å²) in [5, 5.41) is 10.2. The lowest BCUT2D eigenvalue weighted by Crippen LogP contribution is -2.39. The van der Waals surface area contributed by atoms with Gasteiger partial charge in [-0.05, 0) is 55.7 Å². The molecule has 1 fully saturated rings. The minimum Gasteiger partial charge on any atom is -0.493 e. The molecule has 0 amide bonds. The third-order valence-electron chi connectivity index (χ3n) is 4.34. The van der Waals surface area contributed by atoms with E-state index in [1.165, 1.54) is 0 Å². The number of aliphatic hydroxyl groups excluding tert-OH is 1. The molecule has 2 rings (SSSR count). The molecule has 1 aromatic rings. The Bertz CT molecular complexity index is 442. The van der Waals surface area contributed by atoms with Crippen LogP contribution in [0.2, 0.25) is 0 Å². The Labute approximate surface area is 121 Å². The molecule has 3 nitrogen and oxygen atoms in total. The van der Waals surface area contributed by atoms with Gasteiger partial charge in [0, 0.05) is 0 Å². The Morgan fingerprint density at radius 2 is 1.95 bits per heavy atom. The SMILES string of the molecule is COc1cc(C)ccc1OC1CC(C(C)C)CCC1O. The molecular formula is C17H26O3. The summed E-state index contributed by atoms with van der Waals surface area (Å²) < 4.78 is 11.4. The molecule has 20 heavy (non-hydrogen) atoms. The molecule has 3 heteroatoms. The minimum atomic E-state index is -0.379. The monoisotopic (exact) mass is 278 g/mol. The van der Waals surface area contributed by atoms with E-state index in [1.807, 2.05) is 25.1 Å². The van der Waals surface area contributed by atoms with Crippen LogP contribution in [-0.4, -0.2) is 24.4 Å². The maximum Gasteiger partial charge on any atom is 0.161 e. The van der Waals surface area contributed by atoms with Crippen LogP contribution in [-0.2, 0) is 0 Å². The molecule has 1 saturated carbocycles. The summed E-state index contributed by atoms with van der Waals surface area (Å²) >= 11 is 0. The van der Waals surface area contributed by atoms with Gasteiger partial charge in [0.1, 0.15) is 6.10 Å². The van der Waals surface area contributed by atoms with E-state index in [9.17, 15) is 5.11 Å². The van der Waals surface area contributed by atoms with Gasteiger partial charge < -0.3 is 14.6 Å². The lowest BCUT2D eigenvalue weighted by Gasteiger charge is -2.35. The molecule has 0 heterocycles. The van der Waals surface area contributed by atoms with E-state index in [2.05, 4.69) is 13.8 Å². The standard InChI is InChI=1S/C17H26O3/c1-11(2)13-6-7-14(18)16(10-13)20-15-8-5-12(3)9-17(15)19-4/h5,8-9,11,13-14,16,18H,6-7,10H2,1-4H3. The first-order valence-electron chi connectivity index (χ1n) is 7.50. The number of rotatable bonds is 4. The summed E-state index contributed by atoms with van der Waals surface area (Å²) in [6, 6.07) is 5.90. The van der Waals surface area contributed by atoms with E-state index in [4.69, 9.17) is 9.47 Å². The maximum atomic E-state index is 10.2. The molecule has 112 valence electrons. The van der Waals surface area contributed by atoms with Gasteiger partial charge in [-0.2, -0.15) is 0 Å². The summed E-state index contributed by atoms with van der Waals surface area (Å²) in [6.45, 7) is 6.51. The maximum absolute atomic E-state index is 10.2. The Morgan fingerprint density at radius 3 is 2.60 bits per heavy atom. The number of aryl methyl sites for hydroxylation is 1. The van der Waals surface area contributed by atoms with E-state index in [0.29, 0.717) is 11.8 Å². The van der Waals surface area contributed by atoms with Crippen molar-refractivity contribution in [2.45, 2.75) is 52.2 Å². The number of methoxy groups -OCH3 is 1. The molecule has 1 aliphatic rings. The van der Waals surface area contributed by atoms with Crippen LogP contribution in [0, 0.1) is 18.8 Å². The molecule has 0 saturated heterocycles. The first-order chi connectivity index (χ1) is 9.51. The van der Waals surface area contributed by atoms with Crippen molar-refractivity contribution in [2.24, 2.45) is 11.8 Å². The third-order valence-corrected chi connectivity index (χ3v) is 4.34. The summed E-state index contributed by atoms with van der Waals surface area (Å²) in [5.41, 5.74) is 1.14. The molecular weight excluding hydrogens is 252 g/mol. The van der Waals surface area contributed by atoms with Crippen molar-refractivity contribution in [1.29, 1.82) is 0 Å². The van der Waals surface area contributed by atoms with Gasteiger partial charge in [0.2, 0.25) is 0 Å². The predicted molar refractivity (Wildman–Crippen MR) is 80.3 cm³/mol. The van der Waals surface area contributed by atoms with E-state index in [1.54, 1.807) is 7.11 Å². The van der Waals surface area contributed by atoms with Gasteiger partial charge in [-0.15, -0.1) is 0 Å². The van der Waals surface area contributed by atoms with Crippen LogP contribution < -0.4 is 9.47 Å². The van der Waals surface area contributed by atoms with Crippen molar-refractivity contribution >= 4 is 0 Å². The fraction of sp³-hybridized carbons (Fsp3) is 0.647. The second kappa shape index (κ2) is 6.49. The summed E-state index contributed by atoms with van der Waals surface area (Å²) in [6.07, 6.45) is 2.31. The summed E-state index contributed by atoms with van der Waals surface area (Å²) in [7, 11) is 1.65. The molecule has 3 unspecified atom stereocenters. The van der Waals surface area contributed by atoms with E-state index in [0.717, 1.165) is 36.3 Å². The lowest BCUT2D eigenvalue weighted by atomic mass is 9.79. The van der Waals surface area contributed by atoms with Gasteiger partial charge in [-0.25, -0.2) is 0 Å². The van der Waals surface area contributed by atoms with Crippen molar-refractivity contribution in [3.05, 3.63) is 23.8 Å². The molecule has 1 N–H and O–H groups in total. The highest BCUT2D eigenvalue weighted by atomic mass is 16.5. The van der Waals surface area contributed by atoms with Crippen molar-refractivity contribution in [1.82, 2.24) is 0 Å². The fourth-order valence-electron chi connectivity index (χ4n) is 2.91. The topological polar surface area (TPSA) is 38.7 Å². The van der Waals surface area contributed by atoms with Gasteiger partial charge in [0.15, 0.2) is 11.5 Å². The van der Waals surface area contributed by atoms with Crippen LogP contribution in [0.15, 0.2) is 18.2 Å². The van der Waals surface area contributed by atoms with Crippen molar-refractivity contribution in [3.8, 4) is 11.5 Å². The average Bonchev–Trinajstić information content (AvgIpc) is 2.42. The van der Waals surface area contributed by atoms with Gasteiger partial charge >= 0.3 is 0 Å². The van der Waals surface area contributed by atoms with Crippen molar-refractivity contribution in [2.75, 3.05) is 7.11 Å². The van der Waals surface area contributed by atoms with Gasteiger partial charge in [0.25, 0.3) is 0 Å². The van der Waals surface area contributed by atoms with E-state index < -0.39 is 0 Å². The second-order valence-electron chi connectivity index (χ2n) is 6.20. The summed E-state index contributed by atoms with van der Waals surface area (Å²) in [4.78, 5) is 0. The molecule has 1 aliphatic carbocycles. The highest BCUT2D eigenvalue weighted by Crippen LogP contribution is 2.35. The Balaban J connectivity index is 2.11. The largest absolute Gasteiger partial charge is 0.493 e. The number of hydrogen-bond acceptors (Lipinski definition) is 3. The van der Waals surface area contributed by atoms with Gasteiger partial charge in [-0.3, -0.25) is 0 Å². The minimum absolute atomic E-state index is 0.132. The lowest BCUT2D eigenvalue weighted by molar-refractivity contribution is -0.0186. The van der Waals surface area contributed by atoms with Crippen LogP contribution in [0.1, 0.15) is 38.7 Å². The molecule has 0 bridgehead atoms. The van der Waals surface area contributed by atoms with E-state index >= 15 is 0 Å². The van der Waals surface area contributed by atoms with E-state index in [-0.39, 0.29) is 12.2 Å². The molecule has 0 spiro atoms. The molecule has 3 atom stereocenters. The number of benzene rings is 1. The van der Waals surface area contributed by atoms with Crippen molar-refractivity contribution in [3.63, 3.8) is 0 Å². The second-order valence-corrected chi connectivity index (χ2v) is 6.20. The van der Waals surface area contributed by atoms with Crippen LogP contribution in [0.25, 0.3) is 0 Å². The average molecular weight is 278 g/mol. The van der Waals surface area contributed by atoms with Crippen LogP contribution >= 0.6 is 0 Å². The molecule has 0 radical (unpaired) electrons. The third kappa shape index (κ3) is 3.45. The number of ether oxygens (including phenoxy) is 2. The molecule has 1 aromatic carbocycles. The highest BCUT2D eigenvalue weighted by Gasteiger charge is 2.32. The first kappa shape index (κ1) is 15.2. The smallest absolute Gasteiger partial charge is 0.161 e. The quantitative estimate of drug-likeness (QED) is 0.915. The number of hydrogen-bond donors (Lipinski definition) is 1. The zero-order valence-electron chi connectivity index (χ0n) is 12.9.